The van der Waals surface area contributed by atoms with E-state index in [1.54, 1.807) is 12.1 Å². The normalized spacial score (nSPS) is 11.4. The maximum Gasteiger partial charge on any atom is 0.573 e. The number of aromatic nitrogens is 4. The predicted molar refractivity (Wildman–Crippen MR) is 163 cm³/mol. The van der Waals surface area contributed by atoms with Crippen LogP contribution in [0.4, 0.5) is 13.2 Å². The first-order valence-corrected chi connectivity index (χ1v) is 14.7. The monoisotopic (exact) mass is 606 g/mol. The Balaban J connectivity index is 0.997. The number of ether oxygens (including phenoxy) is 1. The molecule has 45 heavy (non-hydrogen) atoms. The van der Waals surface area contributed by atoms with Crippen LogP contribution < -0.4 is 23.0 Å². The molecule has 0 saturated carbocycles. The van der Waals surface area contributed by atoms with Crippen molar-refractivity contribution in [2.45, 2.75) is 32.8 Å². The van der Waals surface area contributed by atoms with Crippen LogP contribution >= 0.6 is 0 Å². The number of nitrogens with zero attached hydrogens (tertiary/aromatic N) is 4. The third-order valence-electron chi connectivity index (χ3n) is 7.64. The predicted octanol–water partition coefficient (Wildman–Crippen LogP) is 6.45. The molecule has 224 valence electrons. The molecule has 0 aliphatic carbocycles. The van der Waals surface area contributed by atoms with E-state index in [9.17, 15) is 13.2 Å². The van der Waals surface area contributed by atoms with Crippen LogP contribution in [0.25, 0.3) is 33.6 Å². The van der Waals surface area contributed by atoms with Gasteiger partial charge in [0.25, 0.3) is 0 Å². The summed E-state index contributed by atoms with van der Waals surface area (Å²) in [7, 11) is 0. The molecule has 8 heteroatoms. The van der Waals surface area contributed by atoms with Gasteiger partial charge in [-0.25, -0.2) is 9.13 Å². The smallest absolute Gasteiger partial charge is 0.406 e. The molecule has 6 aromatic rings. The van der Waals surface area contributed by atoms with E-state index in [1.807, 2.05) is 29.1 Å². The summed E-state index contributed by atoms with van der Waals surface area (Å²) in [6.45, 7) is 3.91. The molecule has 0 bridgehead atoms. The third kappa shape index (κ3) is 7.78. The lowest BCUT2D eigenvalue weighted by atomic mass is 10.1. The van der Waals surface area contributed by atoms with Gasteiger partial charge in [0.05, 0.1) is 6.42 Å². The molecule has 2 aromatic carbocycles. The van der Waals surface area contributed by atoms with Gasteiger partial charge in [-0.2, -0.15) is 9.13 Å². The van der Waals surface area contributed by atoms with E-state index in [-0.39, 0.29) is 5.75 Å². The van der Waals surface area contributed by atoms with E-state index in [1.165, 1.54) is 28.8 Å². The molecular formula is C37H33F3N4O+4. The minimum atomic E-state index is -4.70. The highest BCUT2D eigenvalue weighted by Gasteiger charge is 2.31. The molecule has 0 fully saturated rings. The summed E-state index contributed by atoms with van der Waals surface area (Å²) < 4.78 is 49.5. The van der Waals surface area contributed by atoms with Crippen LogP contribution in [0.5, 0.6) is 5.75 Å². The van der Waals surface area contributed by atoms with Gasteiger partial charge >= 0.3 is 6.36 Å². The van der Waals surface area contributed by atoms with Crippen molar-refractivity contribution in [2.24, 2.45) is 0 Å². The summed E-state index contributed by atoms with van der Waals surface area (Å²) in [6, 6.07) is 31.0. The van der Waals surface area contributed by atoms with Gasteiger partial charge < -0.3 is 4.74 Å². The molecule has 4 aromatic heterocycles. The van der Waals surface area contributed by atoms with E-state index in [0.717, 1.165) is 42.0 Å². The molecule has 0 atom stereocenters. The first-order chi connectivity index (χ1) is 21.8. The van der Waals surface area contributed by atoms with E-state index >= 15 is 0 Å². The van der Waals surface area contributed by atoms with Gasteiger partial charge in [-0.1, -0.05) is 17.7 Å². The van der Waals surface area contributed by atoms with Gasteiger partial charge in [-0.3, -0.25) is 0 Å². The van der Waals surface area contributed by atoms with Gasteiger partial charge in [0.2, 0.25) is 11.4 Å². The Bertz CT molecular complexity index is 1840. The van der Waals surface area contributed by atoms with Crippen molar-refractivity contribution in [3.63, 3.8) is 0 Å². The van der Waals surface area contributed by atoms with Crippen molar-refractivity contribution in [3.05, 3.63) is 152 Å². The average molecular weight is 607 g/mol. The van der Waals surface area contributed by atoms with Gasteiger partial charge in [-0.05, 0) is 41.3 Å². The number of hydrogen-bond acceptors (Lipinski definition) is 1. The molecule has 0 spiro atoms. The van der Waals surface area contributed by atoms with Gasteiger partial charge in [-0.15, -0.1) is 13.2 Å². The molecular weight excluding hydrogens is 573 g/mol. The summed E-state index contributed by atoms with van der Waals surface area (Å²) in [5.41, 5.74) is 7.64. The average Bonchev–Trinajstić information content (AvgIpc) is 3.06. The molecule has 0 aliphatic heterocycles. The Morgan fingerprint density at radius 2 is 0.844 bits per heavy atom. The number of benzene rings is 2. The zero-order chi connectivity index (χ0) is 31.2. The maximum atomic E-state index is 12.4. The second-order valence-electron chi connectivity index (χ2n) is 10.9. The van der Waals surface area contributed by atoms with Crippen molar-refractivity contribution in [2.75, 3.05) is 0 Å². The zero-order valence-corrected chi connectivity index (χ0v) is 24.8. The van der Waals surface area contributed by atoms with Crippen LogP contribution in [0, 0.1) is 6.92 Å². The van der Waals surface area contributed by atoms with Crippen LogP contribution in [-0.2, 0) is 13.1 Å². The number of halogens is 3. The van der Waals surface area contributed by atoms with E-state index in [4.69, 9.17) is 0 Å². The number of alkyl halides is 3. The minimum Gasteiger partial charge on any atom is -0.406 e. The fraction of sp³-hybridized carbons (Fsp3) is 0.135. The molecule has 0 N–H and O–H groups in total. The summed E-state index contributed by atoms with van der Waals surface area (Å²) in [5.74, 6) is -0.243. The Morgan fingerprint density at radius 1 is 0.489 bits per heavy atom. The van der Waals surface area contributed by atoms with Crippen molar-refractivity contribution < 1.29 is 36.2 Å². The molecule has 4 heterocycles. The highest BCUT2D eigenvalue weighted by Crippen LogP contribution is 2.23. The lowest BCUT2D eigenvalue weighted by Gasteiger charge is -2.08. The molecule has 0 saturated heterocycles. The topological polar surface area (TPSA) is 24.8 Å². The molecule has 5 nitrogen and oxygen atoms in total. The van der Waals surface area contributed by atoms with Gasteiger partial charge in [0.15, 0.2) is 62.7 Å². The molecule has 6 rings (SSSR count). The number of pyridine rings is 4. The standard InChI is InChI=1S/C37H33F3N4O/c1-29-3-5-34(6-4-29)43-25-15-32(16-26-43)30-11-21-41(22-12-30)19-2-20-42-23-13-31(14-24-42)33-17-27-44(28-18-33)35-7-9-36(10-8-35)45-37(38,39)40/h3-18,21-28H,2,19-20H2,1H3/q+4. The Morgan fingerprint density at radius 3 is 1.22 bits per heavy atom. The van der Waals surface area contributed by atoms with Crippen molar-refractivity contribution in [3.8, 4) is 39.4 Å². The highest BCUT2D eigenvalue weighted by atomic mass is 19.4. The summed E-state index contributed by atoms with van der Waals surface area (Å²) in [5, 5.41) is 0. The summed E-state index contributed by atoms with van der Waals surface area (Å²) in [4.78, 5) is 0. The summed E-state index contributed by atoms with van der Waals surface area (Å²) >= 11 is 0. The zero-order valence-electron chi connectivity index (χ0n) is 24.8. The number of hydrogen-bond donors (Lipinski definition) is 0. The molecule has 0 aliphatic rings. The van der Waals surface area contributed by atoms with Gasteiger partial charge in [0.1, 0.15) is 5.75 Å². The van der Waals surface area contributed by atoms with E-state index in [0.29, 0.717) is 0 Å². The fourth-order valence-corrected chi connectivity index (χ4v) is 5.15. The van der Waals surface area contributed by atoms with Crippen molar-refractivity contribution in [1.29, 1.82) is 0 Å². The fourth-order valence-electron chi connectivity index (χ4n) is 5.15. The van der Waals surface area contributed by atoms with Crippen LogP contribution in [0.1, 0.15) is 12.0 Å². The second-order valence-corrected chi connectivity index (χ2v) is 10.9. The Kier molecular flexibility index (Phi) is 8.64. The van der Waals surface area contributed by atoms with Crippen LogP contribution in [0.3, 0.4) is 0 Å². The quantitative estimate of drug-likeness (QED) is 0.174. The molecule has 0 amide bonds. The number of rotatable bonds is 9. The Hall–Kier alpha value is -5.37. The SMILES string of the molecule is Cc1ccc(-[n+]2ccc(-c3cc[n+](CCC[n+]4ccc(-c5cc[n+](-c6ccc(OC(F)(F)F)cc6)cc5)cc4)cc3)cc2)cc1. The lowest BCUT2D eigenvalue weighted by Crippen LogP contribution is -2.38. The van der Waals surface area contributed by atoms with Crippen LogP contribution in [-0.4, -0.2) is 6.36 Å². The van der Waals surface area contributed by atoms with Crippen LogP contribution in [0.15, 0.2) is 147 Å². The van der Waals surface area contributed by atoms with Gasteiger partial charge in [0, 0.05) is 72.8 Å². The first kappa shape index (κ1) is 29.7. The molecule has 0 radical (unpaired) electrons. The second kappa shape index (κ2) is 13.1. The van der Waals surface area contributed by atoms with E-state index < -0.39 is 6.36 Å². The molecule has 0 unspecified atom stereocenters. The Labute approximate surface area is 260 Å². The first-order valence-electron chi connectivity index (χ1n) is 14.7. The van der Waals surface area contributed by atoms with Crippen molar-refractivity contribution in [1.82, 2.24) is 0 Å². The highest BCUT2D eigenvalue weighted by molar-refractivity contribution is 5.61. The van der Waals surface area contributed by atoms with Crippen LogP contribution in [0.2, 0.25) is 0 Å². The lowest BCUT2D eigenvalue weighted by molar-refractivity contribution is -0.726. The maximum absolute atomic E-state index is 12.4. The largest absolute Gasteiger partial charge is 0.573 e. The minimum absolute atomic E-state index is 0.243. The van der Waals surface area contributed by atoms with Crippen molar-refractivity contribution >= 4 is 0 Å². The third-order valence-corrected chi connectivity index (χ3v) is 7.64. The number of aryl methyl sites for hydroxylation is 3. The van der Waals surface area contributed by atoms with E-state index in [2.05, 4.69) is 123 Å². The summed E-state index contributed by atoms with van der Waals surface area (Å²) in [6.07, 6.45) is 12.7.